The number of nitrogens with one attached hydrogen (secondary N) is 1. The standard InChI is InChI=1S/C10H13N3O3S/c1-6(11)8(14)13-9(10(15)16)17-7-4-2-3-5-12-7/h2-6,9H,11H2,1H3,(H,13,14)(H,15,16). The first-order valence-electron chi connectivity index (χ1n) is 4.87. The van der Waals surface area contributed by atoms with Gasteiger partial charge in [-0.3, -0.25) is 4.79 Å². The zero-order valence-electron chi connectivity index (χ0n) is 9.16. The lowest BCUT2D eigenvalue weighted by Gasteiger charge is -2.14. The van der Waals surface area contributed by atoms with Crippen LogP contribution in [0.4, 0.5) is 0 Å². The van der Waals surface area contributed by atoms with Gasteiger partial charge in [0.15, 0.2) is 5.37 Å². The molecule has 92 valence electrons. The number of rotatable bonds is 5. The SMILES string of the molecule is CC(N)C(=O)NC(Sc1ccccn1)C(=O)O. The third kappa shape index (κ3) is 4.41. The van der Waals surface area contributed by atoms with Gasteiger partial charge < -0.3 is 16.2 Å². The summed E-state index contributed by atoms with van der Waals surface area (Å²) < 4.78 is 0. The predicted octanol–water partition coefficient (Wildman–Crippen LogP) is 0.0478. The van der Waals surface area contributed by atoms with Crippen molar-refractivity contribution in [2.24, 2.45) is 5.73 Å². The summed E-state index contributed by atoms with van der Waals surface area (Å²) in [6.45, 7) is 1.49. The maximum atomic E-state index is 11.3. The van der Waals surface area contributed by atoms with Gasteiger partial charge in [-0.2, -0.15) is 0 Å². The number of carbonyl (C=O) groups excluding carboxylic acids is 1. The third-order valence-electron chi connectivity index (χ3n) is 1.79. The number of nitrogens with zero attached hydrogens (tertiary/aromatic N) is 1. The van der Waals surface area contributed by atoms with Gasteiger partial charge in [0.25, 0.3) is 0 Å². The third-order valence-corrected chi connectivity index (χ3v) is 2.83. The normalized spacial score (nSPS) is 13.8. The highest BCUT2D eigenvalue weighted by Gasteiger charge is 2.22. The first kappa shape index (κ1) is 13.5. The van der Waals surface area contributed by atoms with Crippen LogP contribution in [0.15, 0.2) is 29.4 Å². The van der Waals surface area contributed by atoms with Crippen molar-refractivity contribution >= 4 is 23.6 Å². The smallest absolute Gasteiger partial charge is 0.337 e. The van der Waals surface area contributed by atoms with Crippen LogP contribution in [0.5, 0.6) is 0 Å². The van der Waals surface area contributed by atoms with Crippen LogP contribution >= 0.6 is 11.8 Å². The van der Waals surface area contributed by atoms with E-state index in [1.165, 1.54) is 6.92 Å². The van der Waals surface area contributed by atoms with Gasteiger partial charge in [0.05, 0.1) is 11.1 Å². The molecule has 1 heterocycles. The molecule has 6 nitrogen and oxygen atoms in total. The molecule has 17 heavy (non-hydrogen) atoms. The van der Waals surface area contributed by atoms with Crippen molar-refractivity contribution in [1.82, 2.24) is 10.3 Å². The molecule has 0 saturated heterocycles. The topological polar surface area (TPSA) is 105 Å². The number of aliphatic carboxylic acids is 1. The molecule has 0 fully saturated rings. The molecular formula is C10H13N3O3S. The number of pyridine rings is 1. The Balaban J connectivity index is 2.68. The first-order chi connectivity index (χ1) is 8.00. The van der Waals surface area contributed by atoms with Crippen molar-refractivity contribution in [3.05, 3.63) is 24.4 Å². The lowest BCUT2D eigenvalue weighted by Crippen LogP contribution is -2.45. The molecule has 1 amide bonds. The molecular weight excluding hydrogens is 242 g/mol. The number of amides is 1. The van der Waals surface area contributed by atoms with Crippen molar-refractivity contribution in [3.8, 4) is 0 Å². The first-order valence-corrected chi connectivity index (χ1v) is 5.75. The van der Waals surface area contributed by atoms with Crippen LogP contribution in [-0.4, -0.2) is 33.4 Å². The van der Waals surface area contributed by atoms with E-state index in [9.17, 15) is 9.59 Å². The Hall–Kier alpha value is -1.60. The molecule has 1 rings (SSSR count). The van der Waals surface area contributed by atoms with Crippen molar-refractivity contribution in [1.29, 1.82) is 0 Å². The summed E-state index contributed by atoms with van der Waals surface area (Å²) in [5.74, 6) is -1.66. The molecule has 0 aliphatic rings. The molecule has 0 aromatic carbocycles. The van der Waals surface area contributed by atoms with Crippen LogP contribution in [-0.2, 0) is 9.59 Å². The van der Waals surface area contributed by atoms with Gasteiger partial charge in [-0.1, -0.05) is 17.8 Å². The average molecular weight is 255 g/mol. The highest BCUT2D eigenvalue weighted by molar-refractivity contribution is 8.00. The van der Waals surface area contributed by atoms with Gasteiger partial charge in [0.1, 0.15) is 0 Å². The van der Waals surface area contributed by atoms with Gasteiger partial charge in [-0.05, 0) is 19.1 Å². The number of carboxylic acids is 1. The van der Waals surface area contributed by atoms with Gasteiger partial charge in [0.2, 0.25) is 5.91 Å². The molecule has 0 bridgehead atoms. The second-order valence-corrected chi connectivity index (χ2v) is 4.43. The Morgan fingerprint density at radius 2 is 2.24 bits per heavy atom. The summed E-state index contributed by atoms with van der Waals surface area (Å²) in [4.78, 5) is 26.2. The van der Waals surface area contributed by atoms with Crippen LogP contribution in [0.2, 0.25) is 0 Å². The number of hydrogen-bond acceptors (Lipinski definition) is 5. The molecule has 7 heteroatoms. The fourth-order valence-electron chi connectivity index (χ4n) is 0.940. The van der Waals surface area contributed by atoms with E-state index in [1.807, 2.05) is 0 Å². The zero-order chi connectivity index (χ0) is 12.8. The molecule has 1 aromatic rings. The number of thioether (sulfide) groups is 1. The summed E-state index contributed by atoms with van der Waals surface area (Å²) in [6, 6.07) is 4.38. The summed E-state index contributed by atoms with van der Waals surface area (Å²) >= 11 is 0.944. The van der Waals surface area contributed by atoms with Crippen LogP contribution in [0.1, 0.15) is 6.92 Å². The highest BCUT2D eigenvalue weighted by Crippen LogP contribution is 2.19. The van der Waals surface area contributed by atoms with E-state index in [0.717, 1.165) is 11.8 Å². The monoisotopic (exact) mass is 255 g/mol. The summed E-state index contributed by atoms with van der Waals surface area (Å²) in [7, 11) is 0. The number of aromatic nitrogens is 1. The molecule has 0 aliphatic carbocycles. The quantitative estimate of drug-likeness (QED) is 0.507. The summed E-state index contributed by atoms with van der Waals surface area (Å²) in [5.41, 5.74) is 5.35. The predicted molar refractivity (Wildman–Crippen MR) is 63.3 cm³/mol. The zero-order valence-corrected chi connectivity index (χ0v) is 9.98. The Labute approximate surface area is 103 Å². The maximum Gasteiger partial charge on any atom is 0.337 e. The lowest BCUT2D eigenvalue weighted by molar-refractivity contribution is -0.139. The van der Waals surface area contributed by atoms with E-state index < -0.39 is 23.3 Å². The fraction of sp³-hybridized carbons (Fsp3) is 0.300. The van der Waals surface area contributed by atoms with Crippen LogP contribution in [0.25, 0.3) is 0 Å². The van der Waals surface area contributed by atoms with Gasteiger partial charge in [-0.25, -0.2) is 9.78 Å². The van der Waals surface area contributed by atoms with Crippen molar-refractivity contribution in [2.45, 2.75) is 23.4 Å². The fourth-order valence-corrected chi connectivity index (χ4v) is 1.74. The largest absolute Gasteiger partial charge is 0.479 e. The minimum atomic E-state index is -1.14. The summed E-state index contributed by atoms with van der Waals surface area (Å²) in [6.07, 6.45) is 1.55. The van der Waals surface area contributed by atoms with E-state index in [2.05, 4.69) is 10.3 Å². The van der Waals surface area contributed by atoms with Crippen molar-refractivity contribution in [3.63, 3.8) is 0 Å². The minimum absolute atomic E-state index is 0.513. The number of carboxylic acid groups (broad SMARTS) is 1. The van der Waals surface area contributed by atoms with Gasteiger partial charge >= 0.3 is 5.97 Å². The second kappa shape index (κ2) is 6.21. The van der Waals surface area contributed by atoms with Crippen LogP contribution in [0.3, 0.4) is 0 Å². The lowest BCUT2D eigenvalue weighted by atomic mass is 10.3. The van der Waals surface area contributed by atoms with Gasteiger partial charge in [-0.15, -0.1) is 0 Å². The number of hydrogen-bond donors (Lipinski definition) is 3. The Bertz CT molecular complexity index is 397. The van der Waals surface area contributed by atoms with Crippen LogP contribution in [0, 0.1) is 0 Å². The van der Waals surface area contributed by atoms with Crippen molar-refractivity contribution < 1.29 is 14.7 Å². The van der Waals surface area contributed by atoms with E-state index >= 15 is 0 Å². The Kier molecular flexibility index (Phi) is 4.92. The highest BCUT2D eigenvalue weighted by atomic mass is 32.2. The second-order valence-electron chi connectivity index (χ2n) is 3.30. The van der Waals surface area contributed by atoms with E-state index in [0.29, 0.717) is 5.03 Å². The summed E-state index contributed by atoms with van der Waals surface area (Å²) in [5, 5.41) is 10.7. The van der Waals surface area contributed by atoms with E-state index in [1.54, 1.807) is 24.4 Å². The number of nitrogens with two attached hydrogens (primary N) is 1. The molecule has 2 unspecified atom stereocenters. The van der Waals surface area contributed by atoms with E-state index in [4.69, 9.17) is 10.8 Å². The Morgan fingerprint density at radius 3 is 2.71 bits per heavy atom. The van der Waals surface area contributed by atoms with Crippen molar-refractivity contribution in [2.75, 3.05) is 0 Å². The molecule has 0 saturated carbocycles. The number of carbonyl (C=O) groups is 2. The molecule has 2 atom stereocenters. The maximum absolute atomic E-state index is 11.3. The molecule has 0 radical (unpaired) electrons. The average Bonchev–Trinajstić information content (AvgIpc) is 2.29. The Morgan fingerprint density at radius 1 is 1.53 bits per heavy atom. The minimum Gasteiger partial charge on any atom is -0.479 e. The molecule has 1 aromatic heterocycles. The molecule has 0 aliphatic heterocycles. The molecule has 4 N–H and O–H groups in total. The molecule has 0 spiro atoms. The van der Waals surface area contributed by atoms with Crippen LogP contribution < -0.4 is 11.1 Å². The van der Waals surface area contributed by atoms with Gasteiger partial charge in [0, 0.05) is 6.20 Å². The van der Waals surface area contributed by atoms with E-state index in [-0.39, 0.29) is 0 Å².